The second-order valence-electron chi connectivity index (χ2n) is 12.8. The molecule has 4 unspecified atom stereocenters. The molecule has 3 aromatic carbocycles. The number of ether oxygens (including phenoxy) is 1. The van der Waals surface area contributed by atoms with Gasteiger partial charge in [-0.3, -0.25) is 4.79 Å². The summed E-state index contributed by atoms with van der Waals surface area (Å²) in [6.45, 7) is 6.50. The first-order valence-electron chi connectivity index (χ1n) is 16.1. The molecule has 2 fully saturated rings. The van der Waals surface area contributed by atoms with Crippen LogP contribution in [0, 0.1) is 23.4 Å². The van der Waals surface area contributed by atoms with Crippen LogP contribution in [0.3, 0.4) is 0 Å². The lowest BCUT2D eigenvalue weighted by molar-refractivity contribution is -0.119. The largest absolute Gasteiger partial charge is 0.376 e. The standard InChI is InChI=1S/C35H43F3N4O4S/c1-21-19-40-20-28(42(21)47(44,45)29-14-11-27(37)12-15-29)13-16-30-31(38)5-4-6-32(30)41-35(43)34(39)33(24-7-9-26(36)10-8-24)25-17-22(2)46-23(3)18-25/h4-12,14-15,21-23,25,28,33-34,40H,13,16-20,39H2,1-3H3,(H,41,43)/t21-,22?,23?,25?,28-,33?,34?/m0/s1. The van der Waals surface area contributed by atoms with Crippen LogP contribution in [0.2, 0.25) is 0 Å². The van der Waals surface area contributed by atoms with Gasteiger partial charge >= 0.3 is 0 Å². The monoisotopic (exact) mass is 672 g/mol. The Hall–Kier alpha value is -3.29. The highest BCUT2D eigenvalue weighted by Crippen LogP contribution is 2.39. The van der Waals surface area contributed by atoms with Gasteiger partial charge in [0.05, 0.1) is 23.1 Å². The molecular weight excluding hydrogens is 629 g/mol. The first kappa shape index (κ1) is 35.0. The van der Waals surface area contributed by atoms with E-state index in [1.807, 2.05) is 13.8 Å². The highest BCUT2D eigenvalue weighted by atomic mass is 32.2. The fraction of sp³-hybridized carbons (Fsp3) is 0.457. The molecule has 1 amide bonds. The summed E-state index contributed by atoms with van der Waals surface area (Å²) in [6, 6.07) is 13.1. The molecule has 0 bridgehead atoms. The van der Waals surface area contributed by atoms with E-state index in [1.54, 1.807) is 25.1 Å². The Labute approximate surface area is 274 Å². The van der Waals surface area contributed by atoms with E-state index in [0.29, 0.717) is 25.9 Å². The quantitative estimate of drug-likeness (QED) is 0.268. The minimum absolute atomic E-state index is 0.0122. The molecule has 6 atom stereocenters. The molecule has 47 heavy (non-hydrogen) atoms. The lowest BCUT2D eigenvalue weighted by Gasteiger charge is -2.40. The summed E-state index contributed by atoms with van der Waals surface area (Å²) >= 11 is 0. The van der Waals surface area contributed by atoms with Gasteiger partial charge in [0.25, 0.3) is 0 Å². The van der Waals surface area contributed by atoms with E-state index >= 15 is 4.39 Å². The van der Waals surface area contributed by atoms with Crippen molar-refractivity contribution >= 4 is 21.6 Å². The molecule has 254 valence electrons. The number of amides is 1. The second kappa shape index (κ2) is 14.9. The molecule has 3 aromatic rings. The summed E-state index contributed by atoms with van der Waals surface area (Å²) in [5, 5.41) is 6.10. The van der Waals surface area contributed by atoms with Crippen LogP contribution >= 0.6 is 0 Å². The fourth-order valence-corrected chi connectivity index (χ4v) is 9.06. The van der Waals surface area contributed by atoms with Crippen LogP contribution in [-0.4, -0.2) is 62.1 Å². The summed E-state index contributed by atoms with van der Waals surface area (Å²) in [7, 11) is -3.98. The lowest BCUT2D eigenvalue weighted by Crippen LogP contribution is -2.58. The van der Waals surface area contributed by atoms with Crippen LogP contribution in [0.25, 0.3) is 0 Å². The predicted molar refractivity (Wildman–Crippen MR) is 175 cm³/mol. The van der Waals surface area contributed by atoms with Gasteiger partial charge in [-0.1, -0.05) is 18.2 Å². The maximum atomic E-state index is 15.4. The van der Waals surface area contributed by atoms with Gasteiger partial charge in [-0.15, -0.1) is 0 Å². The van der Waals surface area contributed by atoms with Gasteiger partial charge in [-0.2, -0.15) is 4.31 Å². The van der Waals surface area contributed by atoms with Crippen LogP contribution in [0.15, 0.2) is 71.6 Å². The Bertz CT molecular complexity index is 1630. The molecule has 5 rings (SSSR count). The maximum Gasteiger partial charge on any atom is 0.243 e. The lowest BCUT2D eigenvalue weighted by atomic mass is 9.74. The van der Waals surface area contributed by atoms with Gasteiger partial charge in [0.15, 0.2) is 0 Å². The SMILES string of the molecule is CC1CC(C(c2ccc(F)cc2)C(N)C(=O)Nc2cccc(F)c2CC[C@H]2CNC[C@H](C)N2S(=O)(=O)c2ccc(F)cc2)CC(C)O1. The van der Waals surface area contributed by atoms with Crippen molar-refractivity contribution in [3.63, 3.8) is 0 Å². The van der Waals surface area contributed by atoms with Crippen LogP contribution in [-0.2, 0) is 26.0 Å². The van der Waals surface area contributed by atoms with E-state index in [2.05, 4.69) is 10.6 Å². The Kier molecular flexibility index (Phi) is 11.1. The number of nitrogens with two attached hydrogens (primary N) is 1. The van der Waals surface area contributed by atoms with Crippen molar-refractivity contribution in [3.05, 3.63) is 95.3 Å². The number of sulfonamides is 1. The number of rotatable bonds is 10. The van der Waals surface area contributed by atoms with E-state index in [9.17, 15) is 22.0 Å². The molecule has 2 heterocycles. The molecule has 4 N–H and O–H groups in total. The molecule has 12 heteroatoms. The number of nitrogens with zero attached hydrogens (tertiary/aromatic N) is 1. The van der Waals surface area contributed by atoms with Crippen molar-refractivity contribution < 1.29 is 31.1 Å². The minimum Gasteiger partial charge on any atom is -0.376 e. The van der Waals surface area contributed by atoms with E-state index in [0.717, 1.165) is 17.7 Å². The van der Waals surface area contributed by atoms with Crippen molar-refractivity contribution in [2.24, 2.45) is 11.7 Å². The zero-order chi connectivity index (χ0) is 33.9. The van der Waals surface area contributed by atoms with Gasteiger partial charge in [0.2, 0.25) is 15.9 Å². The van der Waals surface area contributed by atoms with Crippen LogP contribution in [0.5, 0.6) is 0 Å². The van der Waals surface area contributed by atoms with Crippen LogP contribution in [0.1, 0.15) is 57.1 Å². The third-order valence-electron chi connectivity index (χ3n) is 9.29. The maximum absolute atomic E-state index is 15.4. The number of anilines is 1. The molecule has 2 saturated heterocycles. The van der Waals surface area contributed by atoms with E-state index in [4.69, 9.17) is 10.5 Å². The summed E-state index contributed by atoms with van der Waals surface area (Å²) in [6.07, 6.45) is 1.64. The molecule has 2 aliphatic rings. The van der Waals surface area contributed by atoms with Gasteiger partial charge in [0, 0.05) is 42.3 Å². The summed E-state index contributed by atoms with van der Waals surface area (Å²) in [4.78, 5) is 13.8. The number of piperazine rings is 1. The van der Waals surface area contributed by atoms with Crippen molar-refractivity contribution in [2.45, 2.75) is 87.6 Å². The molecule has 0 spiro atoms. The first-order chi connectivity index (χ1) is 22.3. The summed E-state index contributed by atoms with van der Waals surface area (Å²) < 4.78 is 77.4. The third kappa shape index (κ3) is 8.06. The molecule has 0 saturated carbocycles. The van der Waals surface area contributed by atoms with Gasteiger partial charge in [0.1, 0.15) is 17.5 Å². The molecule has 0 radical (unpaired) electrons. The number of carbonyl (C=O) groups excluding carboxylic acids is 1. The third-order valence-corrected chi connectivity index (χ3v) is 11.4. The highest BCUT2D eigenvalue weighted by Gasteiger charge is 2.39. The molecule has 0 aliphatic carbocycles. The molecular formula is C35H43F3N4O4S. The Balaban J connectivity index is 1.36. The smallest absolute Gasteiger partial charge is 0.243 e. The highest BCUT2D eigenvalue weighted by molar-refractivity contribution is 7.89. The Morgan fingerprint density at radius 3 is 2.21 bits per heavy atom. The number of nitrogens with one attached hydrogen (secondary N) is 2. The first-order valence-corrected chi connectivity index (χ1v) is 17.5. The van der Waals surface area contributed by atoms with E-state index < -0.39 is 57.4 Å². The summed E-state index contributed by atoms with van der Waals surface area (Å²) in [5.74, 6) is -2.43. The fourth-order valence-electron chi connectivity index (χ4n) is 7.22. The average Bonchev–Trinajstić information content (AvgIpc) is 3.01. The molecule has 2 aliphatic heterocycles. The zero-order valence-corrected chi connectivity index (χ0v) is 27.7. The van der Waals surface area contributed by atoms with Crippen LogP contribution in [0.4, 0.5) is 18.9 Å². The van der Waals surface area contributed by atoms with Crippen LogP contribution < -0.4 is 16.4 Å². The summed E-state index contributed by atoms with van der Waals surface area (Å²) in [5.41, 5.74) is 7.90. The van der Waals surface area contributed by atoms with Crippen molar-refractivity contribution in [3.8, 4) is 0 Å². The number of halogens is 3. The number of hydrogen-bond acceptors (Lipinski definition) is 6. The molecule has 8 nitrogen and oxygen atoms in total. The van der Waals surface area contributed by atoms with Gasteiger partial charge in [-0.25, -0.2) is 21.6 Å². The normalized spacial score (nSPS) is 25.2. The topological polar surface area (TPSA) is 114 Å². The van der Waals surface area contributed by atoms with E-state index in [1.165, 1.54) is 40.7 Å². The van der Waals surface area contributed by atoms with Crippen molar-refractivity contribution in [1.29, 1.82) is 0 Å². The number of carbonyl (C=O) groups is 1. The van der Waals surface area contributed by atoms with Crippen molar-refractivity contribution in [2.75, 3.05) is 18.4 Å². The zero-order valence-electron chi connectivity index (χ0n) is 26.8. The second-order valence-corrected chi connectivity index (χ2v) is 14.7. The number of benzene rings is 3. The Morgan fingerprint density at radius 2 is 1.57 bits per heavy atom. The average molecular weight is 673 g/mol. The van der Waals surface area contributed by atoms with Gasteiger partial charge < -0.3 is 21.1 Å². The molecule has 0 aromatic heterocycles. The Morgan fingerprint density at radius 1 is 0.957 bits per heavy atom. The van der Waals surface area contributed by atoms with Gasteiger partial charge in [-0.05, 0) is 106 Å². The number of hydrogen-bond donors (Lipinski definition) is 3. The van der Waals surface area contributed by atoms with E-state index in [-0.39, 0.29) is 47.1 Å². The minimum atomic E-state index is -3.98. The van der Waals surface area contributed by atoms with Crippen molar-refractivity contribution in [1.82, 2.24) is 9.62 Å². The predicted octanol–water partition coefficient (Wildman–Crippen LogP) is 5.34.